The number of rotatable bonds is 2. The molecule has 0 aliphatic carbocycles. The molecule has 1 atom stereocenters. The third-order valence-electron chi connectivity index (χ3n) is 2.95. The standard InChI is InChI=1S/C11H14IN3O2/c12-10-6-9(3-4-11(10)15(16)17)14-5-1-2-8(13)7-14/h3-4,6,8H,1-2,5,7,13H2. The Balaban J connectivity index is 2.22. The molecule has 1 aromatic carbocycles. The van der Waals surface area contributed by atoms with E-state index in [9.17, 15) is 10.1 Å². The van der Waals surface area contributed by atoms with Crippen molar-refractivity contribution in [3.63, 3.8) is 0 Å². The molecule has 0 spiro atoms. The minimum absolute atomic E-state index is 0.163. The van der Waals surface area contributed by atoms with Gasteiger partial charge in [-0.05, 0) is 47.6 Å². The van der Waals surface area contributed by atoms with Gasteiger partial charge >= 0.3 is 0 Å². The summed E-state index contributed by atoms with van der Waals surface area (Å²) in [6, 6.07) is 5.43. The topological polar surface area (TPSA) is 72.4 Å². The van der Waals surface area contributed by atoms with Crippen molar-refractivity contribution >= 4 is 34.0 Å². The first kappa shape index (κ1) is 12.6. The predicted molar refractivity (Wildman–Crippen MR) is 75.2 cm³/mol. The Morgan fingerprint density at radius 3 is 2.88 bits per heavy atom. The lowest BCUT2D eigenvalue weighted by Crippen LogP contribution is -2.42. The number of anilines is 1. The lowest BCUT2D eigenvalue weighted by atomic mass is 10.1. The fourth-order valence-corrected chi connectivity index (χ4v) is 2.78. The molecule has 1 fully saturated rings. The molecule has 92 valence electrons. The fraction of sp³-hybridized carbons (Fsp3) is 0.455. The zero-order valence-corrected chi connectivity index (χ0v) is 11.5. The van der Waals surface area contributed by atoms with Gasteiger partial charge in [0.25, 0.3) is 5.69 Å². The molecule has 0 amide bonds. The van der Waals surface area contributed by atoms with Crippen molar-refractivity contribution in [3.05, 3.63) is 31.9 Å². The van der Waals surface area contributed by atoms with Crippen LogP contribution in [0.4, 0.5) is 11.4 Å². The molecule has 5 nitrogen and oxygen atoms in total. The van der Waals surface area contributed by atoms with E-state index in [1.165, 1.54) is 0 Å². The van der Waals surface area contributed by atoms with E-state index < -0.39 is 0 Å². The summed E-state index contributed by atoms with van der Waals surface area (Å²) in [6.07, 6.45) is 2.13. The van der Waals surface area contributed by atoms with Crippen LogP contribution in [-0.4, -0.2) is 24.1 Å². The number of hydrogen-bond donors (Lipinski definition) is 1. The van der Waals surface area contributed by atoms with Gasteiger partial charge in [-0.15, -0.1) is 0 Å². The first-order valence-corrected chi connectivity index (χ1v) is 6.60. The van der Waals surface area contributed by atoms with E-state index >= 15 is 0 Å². The van der Waals surface area contributed by atoms with Crippen LogP contribution >= 0.6 is 22.6 Å². The number of benzene rings is 1. The molecule has 1 unspecified atom stereocenters. The molecule has 0 radical (unpaired) electrons. The van der Waals surface area contributed by atoms with Crippen molar-refractivity contribution in [2.45, 2.75) is 18.9 Å². The summed E-state index contributed by atoms with van der Waals surface area (Å²) < 4.78 is 0.671. The van der Waals surface area contributed by atoms with E-state index in [1.807, 2.05) is 28.7 Å². The number of nitro groups is 1. The zero-order valence-electron chi connectivity index (χ0n) is 9.30. The highest BCUT2D eigenvalue weighted by molar-refractivity contribution is 14.1. The van der Waals surface area contributed by atoms with Crippen molar-refractivity contribution in [1.29, 1.82) is 0 Å². The summed E-state index contributed by atoms with van der Waals surface area (Å²) in [5.74, 6) is 0. The monoisotopic (exact) mass is 347 g/mol. The van der Waals surface area contributed by atoms with Gasteiger partial charge in [-0.25, -0.2) is 0 Å². The Morgan fingerprint density at radius 2 is 2.29 bits per heavy atom. The normalized spacial score (nSPS) is 20.4. The summed E-state index contributed by atoms with van der Waals surface area (Å²) in [4.78, 5) is 12.6. The highest BCUT2D eigenvalue weighted by Gasteiger charge is 2.19. The highest BCUT2D eigenvalue weighted by atomic mass is 127. The fourth-order valence-electron chi connectivity index (χ4n) is 2.09. The van der Waals surface area contributed by atoms with Gasteiger partial charge in [0.1, 0.15) is 0 Å². The molecule has 0 aromatic heterocycles. The Morgan fingerprint density at radius 1 is 1.53 bits per heavy atom. The van der Waals surface area contributed by atoms with Crippen LogP contribution in [0.2, 0.25) is 0 Å². The minimum atomic E-state index is -0.354. The maximum atomic E-state index is 10.7. The minimum Gasteiger partial charge on any atom is -0.370 e. The Labute approximate surface area is 113 Å². The number of piperidine rings is 1. The van der Waals surface area contributed by atoms with E-state index in [0.29, 0.717) is 3.57 Å². The number of nitrogens with two attached hydrogens (primary N) is 1. The molecule has 6 heteroatoms. The van der Waals surface area contributed by atoms with Gasteiger partial charge in [-0.3, -0.25) is 10.1 Å². The SMILES string of the molecule is NC1CCCN(c2ccc([N+](=O)[O-])c(I)c2)C1. The van der Waals surface area contributed by atoms with Crippen LogP contribution in [0.25, 0.3) is 0 Å². The zero-order chi connectivity index (χ0) is 12.4. The van der Waals surface area contributed by atoms with Crippen molar-refractivity contribution in [2.75, 3.05) is 18.0 Å². The van der Waals surface area contributed by atoms with Gasteiger partial charge in [-0.2, -0.15) is 0 Å². The third-order valence-corrected chi connectivity index (χ3v) is 3.81. The van der Waals surface area contributed by atoms with Crippen LogP contribution in [0.5, 0.6) is 0 Å². The quantitative estimate of drug-likeness (QED) is 0.505. The van der Waals surface area contributed by atoms with Crippen molar-refractivity contribution in [2.24, 2.45) is 5.73 Å². The molecule has 2 rings (SSSR count). The highest BCUT2D eigenvalue weighted by Crippen LogP contribution is 2.27. The molecule has 1 saturated heterocycles. The van der Waals surface area contributed by atoms with Crippen LogP contribution in [0, 0.1) is 13.7 Å². The molecule has 1 heterocycles. The largest absolute Gasteiger partial charge is 0.370 e. The van der Waals surface area contributed by atoms with E-state index in [-0.39, 0.29) is 16.7 Å². The van der Waals surface area contributed by atoms with E-state index in [2.05, 4.69) is 4.90 Å². The van der Waals surface area contributed by atoms with Crippen LogP contribution < -0.4 is 10.6 Å². The maximum Gasteiger partial charge on any atom is 0.282 e. The Kier molecular flexibility index (Phi) is 3.82. The van der Waals surface area contributed by atoms with Crippen LogP contribution in [0.1, 0.15) is 12.8 Å². The number of nitro benzene ring substituents is 1. The summed E-state index contributed by atoms with van der Waals surface area (Å²) in [5, 5.41) is 10.7. The molecule has 1 aliphatic heterocycles. The second-order valence-electron chi connectivity index (χ2n) is 4.24. The summed E-state index contributed by atoms with van der Waals surface area (Å²) in [7, 11) is 0. The summed E-state index contributed by atoms with van der Waals surface area (Å²) in [6.45, 7) is 1.80. The van der Waals surface area contributed by atoms with Gasteiger partial charge in [0.05, 0.1) is 8.49 Å². The number of hydrogen-bond acceptors (Lipinski definition) is 4. The average molecular weight is 347 g/mol. The lowest BCUT2D eigenvalue weighted by molar-refractivity contribution is -0.385. The van der Waals surface area contributed by atoms with E-state index in [0.717, 1.165) is 31.6 Å². The number of nitrogens with zero attached hydrogens (tertiary/aromatic N) is 2. The second-order valence-corrected chi connectivity index (χ2v) is 5.40. The predicted octanol–water partition coefficient (Wildman–Crippen LogP) is 2.13. The van der Waals surface area contributed by atoms with Crippen LogP contribution in [-0.2, 0) is 0 Å². The molecule has 2 N–H and O–H groups in total. The van der Waals surface area contributed by atoms with Gasteiger partial charge in [0, 0.05) is 30.9 Å². The van der Waals surface area contributed by atoms with Gasteiger partial charge < -0.3 is 10.6 Å². The molecular weight excluding hydrogens is 333 g/mol. The average Bonchev–Trinajstić information content (AvgIpc) is 2.28. The molecule has 17 heavy (non-hydrogen) atoms. The van der Waals surface area contributed by atoms with Crippen LogP contribution in [0.15, 0.2) is 18.2 Å². The molecular formula is C11H14IN3O2. The third kappa shape index (κ3) is 2.86. The van der Waals surface area contributed by atoms with Gasteiger partial charge in [-0.1, -0.05) is 0 Å². The van der Waals surface area contributed by atoms with Crippen molar-refractivity contribution in [1.82, 2.24) is 0 Å². The first-order chi connectivity index (χ1) is 8.08. The van der Waals surface area contributed by atoms with E-state index in [4.69, 9.17) is 5.73 Å². The summed E-state index contributed by atoms with van der Waals surface area (Å²) in [5.41, 5.74) is 7.11. The van der Waals surface area contributed by atoms with Crippen molar-refractivity contribution in [3.8, 4) is 0 Å². The van der Waals surface area contributed by atoms with Gasteiger partial charge in [0.2, 0.25) is 0 Å². The van der Waals surface area contributed by atoms with Gasteiger partial charge in [0.15, 0.2) is 0 Å². The number of halogens is 1. The Hall–Kier alpha value is -0.890. The first-order valence-electron chi connectivity index (χ1n) is 5.52. The Bertz CT molecular complexity index is 439. The second kappa shape index (κ2) is 5.18. The van der Waals surface area contributed by atoms with Crippen molar-refractivity contribution < 1.29 is 4.92 Å². The smallest absolute Gasteiger partial charge is 0.282 e. The molecule has 1 aromatic rings. The molecule has 1 aliphatic rings. The van der Waals surface area contributed by atoms with Crippen LogP contribution in [0.3, 0.4) is 0 Å². The van der Waals surface area contributed by atoms with E-state index in [1.54, 1.807) is 12.1 Å². The lowest BCUT2D eigenvalue weighted by Gasteiger charge is -2.32. The molecule has 0 saturated carbocycles. The maximum absolute atomic E-state index is 10.7. The summed E-state index contributed by atoms with van der Waals surface area (Å²) >= 11 is 2.00. The molecule has 0 bridgehead atoms.